The van der Waals surface area contributed by atoms with Crippen molar-refractivity contribution in [2.75, 3.05) is 38.6 Å². The zero-order valence-corrected chi connectivity index (χ0v) is 10.3. The van der Waals surface area contributed by atoms with E-state index in [-0.39, 0.29) is 11.8 Å². The number of rotatable bonds is 3. The van der Waals surface area contributed by atoms with Crippen LogP contribution in [0.1, 0.15) is 19.3 Å². The molecule has 2 saturated heterocycles. The van der Waals surface area contributed by atoms with Crippen LogP contribution in [-0.4, -0.2) is 57.4 Å². The minimum absolute atomic E-state index is 0.147. The number of hydrogen-bond donors (Lipinski definition) is 1. The molecular weight excluding hydrogens is 228 g/mol. The molecule has 1 N–H and O–H groups in total. The van der Waals surface area contributed by atoms with Gasteiger partial charge in [-0.3, -0.25) is 0 Å². The van der Waals surface area contributed by atoms with Gasteiger partial charge in [-0.1, -0.05) is 0 Å². The summed E-state index contributed by atoms with van der Waals surface area (Å²) in [6, 6.07) is 0.147. The summed E-state index contributed by atoms with van der Waals surface area (Å²) in [5, 5.41) is 3.23. The number of nitrogens with zero attached hydrogens (tertiary/aromatic N) is 1. The molecule has 0 aromatic rings. The Bertz CT molecular complexity index is 304. The highest BCUT2D eigenvalue weighted by Gasteiger charge is 2.28. The lowest BCUT2D eigenvalue weighted by Crippen LogP contribution is -2.40. The molecule has 5 nitrogen and oxygen atoms in total. The van der Waals surface area contributed by atoms with Crippen LogP contribution in [0.4, 0.5) is 0 Å². The first kappa shape index (κ1) is 12.3. The monoisotopic (exact) mass is 248 g/mol. The first-order valence-electron chi connectivity index (χ1n) is 5.97. The fourth-order valence-electron chi connectivity index (χ4n) is 2.26. The second kappa shape index (κ2) is 5.44. The minimum atomic E-state index is -3.10. The van der Waals surface area contributed by atoms with Gasteiger partial charge >= 0.3 is 0 Å². The fourth-order valence-corrected chi connectivity index (χ4v) is 4.02. The molecule has 2 heterocycles. The summed E-state index contributed by atoms with van der Waals surface area (Å²) in [5.74, 6) is 0.243. The molecule has 2 aliphatic heterocycles. The van der Waals surface area contributed by atoms with Gasteiger partial charge < -0.3 is 10.1 Å². The van der Waals surface area contributed by atoms with Crippen LogP contribution < -0.4 is 5.32 Å². The third kappa shape index (κ3) is 3.16. The maximum absolute atomic E-state index is 12.1. The van der Waals surface area contributed by atoms with E-state index in [1.165, 1.54) is 0 Å². The predicted octanol–water partition coefficient (Wildman–Crippen LogP) is -0.209. The van der Waals surface area contributed by atoms with Crippen LogP contribution in [0.25, 0.3) is 0 Å². The van der Waals surface area contributed by atoms with Crippen molar-refractivity contribution < 1.29 is 13.2 Å². The van der Waals surface area contributed by atoms with Crippen molar-refractivity contribution in [3.8, 4) is 0 Å². The lowest BCUT2D eigenvalue weighted by molar-refractivity contribution is 0.148. The summed E-state index contributed by atoms with van der Waals surface area (Å²) in [5.41, 5.74) is 0. The smallest absolute Gasteiger partial charge is 0.215 e. The first-order chi connectivity index (χ1) is 7.68. The number of sulfonamides is 1. The number of nitrogens with one attached hydrogen (secondary N) is 1. The standard InChI is InChI=1S/C10H20N2O3S/c13-16(14,9-10-3-1-4-11-10)12-5-2-7-15-8-6-12/h10-11H,1-9H2. The zero-order valence-electron chi connectivity index (χ0n) is 9.52. The van der Waals surface area contributed by atoms with Gasteiger partial charge in [0.15, 0.2) is 0 Å². The first-order valence-corrected chi connectivity index (χ1v) is 7.58. The van der Waals surface area contributed by atoms with Crippen LogP contribution >= 0.6 is 0 Å². The summed E-state index contributed by atoms with van der Waals surface area (Å²) in [7, 11) is -3.10. The molecule has 16 heavy (non-hydrogen) atoms. The van der Waals surface area contributed by atoms with E-state index in [1.807, 2.05) is 0 Å². The van der Waals surface area contributed by atoms with Crippen molar-refractivity contribution in [1.29, 1.82) is 0 Å². The molecule has 2 fully saturated rings. The molecule has 1 atom stereocenters. The highest BCUT2D eigenvalue weighted by atomic mass is 32.2. The summed E-state index contributed by atoms with van der Waals surface area (Å²) < 4.78 is 31.1. The Kier molecular flexibility index (Phi) is 4.18. The van der Waals surface area contributed by atoms with Crippen LogP contribution in [-0.2, 0) is 14.8 Å². The third-order valence-electron chi connectivity index (χ3n) is 3.15. The molecule has 0 bridgehead atoms. The Hall–Kier alpha value is -0.170. The van der Waals surface area contributed by atoms with Crippen molar-refractivity contribution in [3.05, 3.63) is 0 Å². The molecule has 0 aliphatic carbocycles. The van der Waals surface area contributed by atoms with Gasteiger partial charge in [-0.15, -0.1) is 0 Å². The quantitative estimate of drug-likeness (QED) is 0.751. The van der Waals surface area contributed by atoms with E-state index in [0.717, 1.165) is 25.8 Å². The Balaban J connectivity index is 1.93. The highest BCUT2D eigenvalue weighted by molar-refractivity contribution is 7.89. The molecule has 0 aromatic heterocycles. The van der Waals surface area contributed by atoms with Gasteiger partial charge in [0.05, 0.1) is 12.4 Å². The Labute approximate surface area is 97.2 Å². The van der Waals surface area contributed by atoms with Gasteiger partial charge in [-0.05, 0) is 25.8 Å². The molecular formula is C10H20N2O3S. The Morgan fingerprint density at radius 3 is 2.88 bits per heavy atom. The van der Waals surface area contributed by atoms with Crippen LogP contribution in [0.3, 0.4) is 0 Å². The van der Waals surface area contributed by atoms with Crippen LogP contribution in [0.5, 0.6) is 0 Å². The maximum atomic E-state index is 12.1. The number of hydrogen-bond acceptors (Lipinski definition) is 4. The average Bonchev–Trinajstić information content (AvgIpc) is 2.56. The minimum Gasteiger partial charge on any atom is -0.380 e. The summed E-state index contributed by atoms with van der Waals surface area (Å²) in [4.78, 5) is 0. The van der Waals surface area contributed by atoms with Crippen LogP contribution in [0.2, 0.25) is 0 Å². The second-order valence-corrected chi connectivity index (χ2v) is 6.45. The predicted molar refractivity (Wildman–Crippen MR) is 61.8 cm³/mol. The molecule has 0 saturated carbocycles. The second-order valence-electron chi connectivity index (χ2n) is 4.44. The fraction of sp³-hybridized carbons (Fsp3) is 1.00. The largest absolute Gasteiger partial charge is 0.380 e. The van der Waals surface area contributed by atoms with Gasteiger partial charge in [0.2, 0.25) is 10.0 Å². The molecule has 6 heteroatoms. The maximum Gasteiger partial charge on any atom is 0.215 e. The van der Waals surface area contributed by atoms with E-state index in [9.17, 15) is 8.42 Å². The van der Waals surface area contributed by atoms with Crippen molar-refractivity contribution in [1.82, 2.24) is 9.62 Å². The zero-order chi connectivity index (χ0) is 11.4. The molecule has 0 aromatic carbocycles. The molecule has 1 unspecified atom stereocenters. The van der Waals surface area contributed by atoms with Gasteiger partial charge in [0.25, 0.3) is 0 Å². The lowest BCUT2D eigenvalue weighted by atomic mass is 10.3. The van der Waals surface area contributed by atoms with Crippen molar-refractivity contribution in [2.45, 2.75) is 25.3 Å². The lowest BCUT2D eigenvalue weighted by Gasteiger charge is -2.21. The Morgan fingerprint density at radius 1 is 1.25 bits per heavy atom. The van der Waals surface area contributed by atoms with Crippen molar-refractivity contribution >= 4 is 10.0 Å². The molecule has 0 radical (unpaired) electrons. The van der Waals surface area contributed by atoms with Gasteiger partial charge in [-0.2, -0.15) is 4.31 Å². The van der Waals surface area contributed by atoms with Crippen molar-refractivity contribution in [2.24, 2.45) is 0 Å². The van der Waals surface area contributed by atoms with E-state index in [1.54, 1.807) is 4.31 Å². The topological polar surface area (TPSA) is 58.6 Å². The van der Waals surface area contributed by atoms with Crippen LogP contribution in [0, 0.1) is 0 Å². The average molecular weight is 248 g/mol. The third-order valence-corrected chi connectivity index (χ3v) is 5.12. The van der Waals surface area contributed by atoms with E-state index >= 15 is 0 Å². The molecule has 0 amide bonds. The molecule has 94 valence electrons. The van der Waals surface area contributed by atoms with Crippen LogP contribution in [0.15, 0.2) is 0 Å². The molecule has 0 spiro atoms. The summed E-state index contributed by atoms with van der Waals surface area (Å²) in [6.45, 7) is 3.26. The van der Waals surface area contributed by atoms with E-state index < -0.39 is 10.0 Å². The van der Waals surface area contributed by atoms with E-state index in [0.29, 0.717) is 26.3 Å². The normalized spacial score (nSPS) is 29.1. The summed E-state index contributed by atoms with van der Waals surface area (Å²) >= 11 is 0. The molecule has 2 rings (SSSR count). The SMILES string of the molecule is O=S(=O)(CC1CCCN1)N1CCCOCC1. The molecule has 2 aliphatic rings. The van der Waals surface area contributed by atoms with Gasteiger partial charge in [-0.25, -0.2) is 8.42 Å². The van der Waals surface area contributed by atoms with Gasteiger partial charge in [0, 0.05) is 25.7 Å². The van der Waals surface area contributed by atoms with E-state index in [4.69, 9.17) is 4.74 Å². The van der Waals surface area contributed by atoms with Crippen molar-refractivity contribution in [3.63, 3.8) is 0 Å². The Morgan fingerprint density at radius 2 is 2.12 bits per heavy atom. The van der Waals surface area contributed by atoms with Gasteiger partial charge in [0.1, 0.15) is 0 Å². The summed E-state index contributed by atoms with van der Waals surface area (Å²) in [6.07, 6.45) is 2.87. The highest BCUT2D eigenvalue weighted by Crippen LogP contribution is 2.12. The number of ether oxygens (including phenoxy) is 1. The van der Waals surface area contributed by atoms with E-state index in [2.05, 4.69) is 5.32 Å².